The van der Waals surface area contributed by atoms with Crippen LogP contribution in [-0.2, 0) is 11.3 Å². The zero-order valence-corrected chi connectivity index (χ0v) is 16.9. The fraction of sp³-hybridized carbons (Fsp3) is 0.435. The molecule has 0 aliphatic carbocycles. The van der Waals surface area contributed by atoms with E-state index in [1.807, 2.05) is 31.5 Å². The molecule has 1 fully saturated rings. The SMILES string of the molecule is Cc1ncccc1-c1cc2cccnc2n1CCC(=O)N1CCCC(C)C1C. The standard InChI is InChI=1S/C23H28N4O/c1-16-7-6-13-26(18(16)3)22(28)10-14-27-21(20-9-5-11-24-17(20)2)15-19-8-4-12-25-23(19)27/h4-5,8-9,11-12,15-16,18H,6-7,10,13-14H2,1-3H3. The Bertz CT molecular complexity index is 993. The molecule has 0 spiro atoms. The Morgan fingerprint density at radius 1 is 1.18 bits per heavy atom. The number of likely N-dealkylation sites (tertiary alicyclic amines) is 1. The van der Waals surface area contributed by atoms with Gasteiger partial charge in [0.15, 0.2) is 0 Å². The highest BCUT2D eigenvalue weighted by Gasteiger charge is 2.28. The third-order valence-electron chi connectivity index (χ3n) is 6.18. The number of nitrogens with zero attached hydrogens (tertiary/aromatic N) is 4. The molecule has 0 N–H and O–H groups in total. The summed E-state index contributed by atoms with van der Waals surface area (Å²) in [6, 6.07) is 10.5. The van der Waals surface area contributed by atoms with Crippen molar-refractivity contribution in [3.8, 4) is 11.3 Å². The van der Waals surface area contributed by atoms with Gasteiger partial charge in [-0.3, -0.25) is 9.78 Å². The summed E-state index contributed by atoms with van der Waals surface area (Å²) < 4.78 is 2.18. The molecule has 0 aromatic carbocycles. The number of hydrogen-bond donors (Lipinski definition) is 0. The van der Waals surface area contributed by atoms with Gasteiger partial charge in [0.25, 0.3) is 0 Å². The van der Waals surface area contributed by atoms with Crippen LogP contribution in [0, 0.1) is 12.8 Å². The summed E-state index contributed by atoms with van der Waals surface area (Å²) in [5, 5.41) is 1.09. The maximum absolute atomic E-state index is 13.0. The minimum absolute atomic E-state index is 0.241. The molecule has 3 aromatic heterocycles. The molecule has 146 valence electrons. The first-order valence-electron chi connectivity index (χ1n) is 10.2. The van der Waals surface area contributed by atoms with Gasteiger partial charge in [0.05, 0.1) is 5.69 Å². The van der Waals surface area contributed by atoms with Crippen LogP contribution in [0.4, 0.5) is 0 Å². The highest BCUT2D eigenvalue weighted by Crippen LogP contribution is 2.29. The second-order valence-corrected chi connectivity index (χ2v) is 7.93. The van der Waals surface area contributed by atoms with E-state index in [0.717, 1.165) is 41.0 Å². The van der Waals surface area contributed by atoms with Crippen molar-refractivity contribution in [2.75, 3.05) is 6.54 Å². The van der Waals surface area contributed by atoms with Crippen LogP contribution in [0.1, 0.15) is 38.8 Å². The molecule has 28 heavy (non-hydrogen) atoms. The number of pyridine rings is 2. The number of piperidine rings is 1. The molecule has 5 heteroatoms. The molecule has 0 radical (unpaired) electrons. The van der Waals surface area contributed by atoms with Gasteiger partial charge < -0.3 is 9.47 Å². The summed E-state index contributed by atoms with van der Waals surface area (Å²) in [5.74, 6) is 0.811. The Hall–Kier alpha value is -2.69. The van der Waals surface area contributed by atoms with Crippen LogP contribution >= 0.6 is 0 Å². The van der Waals surface area contributed by atoms with Gasteiger partial charge in [-0.05, 0) is 62.9 Å². The van der Waals surface area contributed by atoms with Crippen LogP contribution in [-0.4, -0.2) is 37.9 Å². The summed E-state index contributed by atoms with van der Waals surface area (Å²) in [6.45, 7) is 7.95. The predicted octanol–water partition coefficient (Wildman–Crippen LogP) is 4.44. The van der Waals surface area contributed by atoms with Crippen LogP contribution < -0.4 is 0 Å². The minimum Gasteiger partial charge on any atom is -0.340 e. The van der Waals surface area contributed by atoms with Gasteiger partial charge in [-0.15, -0.1) is 0 Å². The second-order valence-electron chi connectivity index (χ2n) is 7.93. The molecule has 4 heterocycles. The first-order chi connectivity index (χ1) is 13.6. The van der Waals surface area contributed by atoms with Crippen molar-refractivity contribution in [3.05, 3.63) is 48.4 Å². The summed E-state index contributed by atoms with van der Waals surface area (Å²) in [6.07, 6.45) is 6.43. The number of rotatable bonds is 4. The number of carbonyl (C=O) groups excluding carboxylic acids is 1. The third kappa shape index (κ3) is 3.41. The van der Waals surface area contributed by atoms with Crippen LogP contribution in [0.3, 0.4) is 0 Å². The Morgan fingerprint density at radius 2 is 1.96 bits per heavy atom. The van der Waals surface area contributed by atoms with Crippen LogP contribution in [0.15, 0.2) is 42.7 Å². The van der Waals surface area contributed by atoms with Crippen LogP contribution in [0.5, 0.6) is 0 Å². The lowest BCUT2D eigenvalue weighted by Crippen LogP contribution is -2.46. The van der Waals surface area contributed by atoms with Gasteiger partial charge in [0, 0.05) is 54.6 Å². The first kappa shape index (κ1) is 18.7. The molecule has 4 rings (SSSR count). The number of aromatic nitrogens is 3. The number of carbonyl (C=O) groups is 1. The Morgan fingerprint density at radius 3 is 2.79 bits per heavy atom. The highest BCUT2D eigenvalue weighted by molar-refractivity contribution is 5.85. The molecule has 2 unspecified atom stereocenters. The zero-order valence-electron chi connectivity index (χ0n) is 16.9. The predicted molar refractivity (Wildman–Crippen MR) is 112 cm³/mol. The van der Waals surface area contributed by atoms with Crippen molar-refractivity contribution >= 4 is 16.9 Å². The monoisotopic (exact) mass is 376 g/mol. The van der Waals surface area contributed by atoms with Crippen molar-refractivity contribution in [2.24, 2.45) is 5.92 Å². The molecule has 0 saturated carbocycles. The molecular formula is C23H28N4O. The van der Waals surface area contributed by atoms with Crippen molar-refractivity contribution in [3.63, 3.8) is 0 Å². The van der Waals surface area contributed by atoms with Crippen molar-refractivity contribution in [1.82, 2.24) is 19.4 Å². The van der Waals surface area contributed by atoms with Gasteiger partial charge in [0.2, 0.25) is 5.91 Å². The maximum atomic E-state index is 13.0. The van der Waals surface area contributed by atoms with E-state index in [1.165, 1.54) is 6.42 Å². The zero-order chi connectivity index (χ0) is 19.7. The average molecular weight is 377 g/mol. The molecule has 5 nitrogen and oxygen atoms in total. The van der Waals surface area contributed by atoms with Gasteiger partial charge in [-0.2, -0.15) is 0 Å². The lowest BCUT2D eigenvalue weighted by Gasteiger charge is -2.38. The minimum atomic E-state index is 0.241. The number of hydrogen-bond acceptors (Lipinski definition) is 3. The lowest BCUT2D eigenvalue weighted by atomic mass is 9.92. The third-order valence-corrected chi connectivity index (χ3v) is 6.18. The molecule has 1 aliphatic heterocycles. The molecule has 1 saturated heterocycles. The van der Waals surface area contributed by atoms with E-state index in [-0.39, 0.29) is 5.91 Å². The van der Waals surface area contributed by atoms with Gasteiger partial charge in [-0.1, -0.05) is 6.92 Å². The first-order valence-corrected chi connectivity index (χ1v) is 10.2. The van der Waals surface area contributed by atoms with E-state index < -0.39 is 0 Å². The molecule has 1 amide bonds. The van der Waals surface area contributed by atoms with Crippen molar-refractivity contribution in [2.45, 2.75) is 52.6 Å². The summed E-state index contributed by atoms with van der Waals surface area (Å²) in [7, 11) is 0. The normalized spacial score (nSPS) is 19.9. The largest absolute Gasteiger partial charge is 0.340 e. The van der Waals surface area contributed by atoms with Crippen molar-refractivity contribution < 1.29 is 4.79 Å². The van der Waals surface area contributed by atoms with Gasteiger partial charge in [-0.25, -0.2) is 4.98 Å². The van der Waals surface area contributed by atoms with Crippen LogP contribution in [0.2, 0.25) is 0 Å². The number of amides is 1. The van der Waals surface area contributed by atoms with Gasteiger partial charge in [0.1, 0.15) is 5.65 Å². The smallest absolute Gasteiger partial charge is 0.224 e. The fourth-order valence-corrected chi connectivity index (χ4v) is 4.33. The van der Waals surface area contributed by atoms with Gasteiger partial charge >= 0.3 is 0 Å². The Balaban J connectivity index is 1.64. The van der Waals surface area contributed by atoms with E-state index in [9.17, 15) is 4.79 Å². The summed E-state index contributed by atoms with van der Waals surface area (Å²) in [5.41, 5.74) is 4.07. The van der Waals surface area contributed by atoms with Crippen LogP contribution in [0.25, 0.3) is 22.3 Å². The topological polar surface area (TPSA) is 51.0 Å². The van der Waals surface area contributed by atoms with E-state index in [2.05, 4.69) is 51.5 Å². The fourth-order valence-electron chi connectivity index (χ4n) is 4.33. The lowest BCUT2D eigenvalue weighted by molar-refractivity contribution is -0.135. The van der Waals surface area contributed by atoms with E-state index >= 15 is 0 Å². The molecule has 1 aliphatic rings. The van der Waals surface area contributed by atoms with E-state index in [0.29, 0.717) is 24.9 Å². The quantitative estimate of drug-likeness (QED) is 0.676. The highest BCUT2D eigenvalue weighted by atomic mass is 16.2. The second kappa shape index (κ2) is 7.74. The van der Waals surface area contributed by atoms with E-state index in [4.69, 9.17) is 0 Å². The number of aryl methyl sites for hydroxylation is 2. The summed E-state index contributed by atoms with van der Waals surface area (Å²) in [4.78, 5) is 24.1. The van der Waals surface area contributed by atoms with Crippen molar-refractivity contribution in [1.29, 1.82) is 0 Å². The number of fused-ring (bicyclic) bond motifs is 1. The average Bonchev–Trinajstić information content (AvgIpc) is 3.07. The molecule has 2 atom stereocenters. The maximum Gasteiger partial charge on any atom is 0.224 e. The Labute approximate surface area is 166 Å². The molecule has 3 aromatic rings. The Kier molecular flexibility index (Phi) is 5.16. The van der Waals surface area contributed by atoms with E-state index in [1.54, 1.807) is 0 Å². The molecule has 0 bridgehead atoms. The summed E-state index contributed by atoms with van der Waals surface area (Å²) >= 11 is 0. The molecular weight excluding hydrogens is 348 g/mol.